The van der Waals surface area contributed by atoms with E-state index in [1.165, 1.54) is 12.1 Å². The van der Waals surface area contributed by atoms with Gasteiger partial charge >= 0.3 is 0 Å². The average Bonchev–Trinajstić information content (AvgIpc) is 2.56. The van der Waals surface area contributed by atoms with Crippen LogP contribution in [0, 0.1) is 5.82 Å². The van der Waals surface area contributed by atoms with Crippen molar-refractivity contribution in [1.29, 1.82) is 0 Å². The van der Waals surface area contributed by atoms with Crippen molar-refractivity contribution in [2.45, 2.75) is 6.54 Å². The lowest BCUT2D eigenvalue weighted by Crippen LogP contribution is -2.32. The van der Waals surface area contributed by atoms with E-state index in [1.54, 1.807) is 12.1 Å². The molecule has 0 unspecified atom stereocenters. The van der Waals surface area contributed by atoms with Gasteiger partial charge in [-0.3, -0.25) is 9.69 Å². The molecule has 0 radical (unpaired) electrons. The minimum absolute atomic E-state index is 0.0398. The van der Waals surface area contributed by atoms with Crippen LogP contribution in [-0.4, -0.2) is 35.3 Å². The Morgan fingerprint density at radius 2 is 1.73 bits per heavy atom. The maximum absolute atomic E-state index is 13.0. The van der Waals surface area contributed by atoms with Crippen LogP contribution in [0.3, 0.4) is 0 Å². The third-order valence-corrected chi connectivity index (χ3v) is 4.81. The van der Waals surface area contributed by atoms with Gasteiger partial charge in [0.2, 0.25) is 0 Å². The number of hydrogen-bond donors (Lipinski definition) is 0. The number of hydrogen-bond acceptors (Lipinski definition) is 3. The Bertz CT molecular complexity index is 650. The van der Waals surface area contributed by atoms with Gasteiger partial charge in [-0.05, 0) is 29.8 Å². The van der Waals surface area contributed by atoms with Gasteiger partial charge in [0.15, 0.2) is 5.78 Å². The highest BCUT2D eigenvalue weighted by Crippen LogP contribution is 2.19. The number of halogens is 1. The number of thioether (sulfide) groups is 1. The maximum Gasteiger partial charge on any atom is 0.193 e. The summed E-state index contributed by atoms with van der Waals surface area (Å²) in [6.45, 7) is 2.91. The van der Waals surface area contributed by atoms with E-state index in [0.29, 0.717) is 11.1 Å². The van der Waals surface area contributed by atoms with Gasteiger partial charge in [0.25, 0.3) is 0 Å². The van der Waals surface area contributed by atoms with E-state index in [1.807, 2.05) is 36.0 Å². The molecule has 0 saturated carbocycles. The van der Waals surface area contributed by atoms with Crippen LogP contribution < -0.4 is 0 Å². The minimum atomic E-state index is -0.323. The van der Waals surface area contributed by atoms with Gasteiger partial charge in [-0.25, -0.2) is 4.39 Å². The maximum atomic E-state index is 13.0. The van der Waals surface area contributed by atoms with E-state index in [2.05, 4.69) is 4.90 Å². The third kappa shape index (κ3) is 3.57. The Balaban J connectivity index is 1.83. The number of benzene rings is 2. The van der Waals surface area contributed by atoms with E-state index in [-0.39, 0.29) is 11.6 Å². The fraction of sp³-hybridized carbons (Fsp3) is 0.278. The molecule has 1 aliphatic heterocycles. The molecular formula is C18H18FNOS. The molecule has 22 heavy (non-hydrogen) atoms. The van der Waals surface area contributed by atoms with Crippen LogP contribution in [0.25, 0.3) is 0 Å². The first-order chi connectivity index (χ1) is 10.7. The SMILES string of the molecule is O=C(c1ccc(F)cc1)c1ccccc1CN1CCSCC1. The quantitative estimate of drug-likeness (QED) is 0.804. The molecule has 0 atom stereocenters. The van der Waals surface area contributed by atoms with Gasteiger partial charge in [0.1, 0.15) is 5.82 Å². The molecule has 1 saturated heterocycles. The molecule has 4 heteroatoms. The van der Waals surface area contributed by atoms with Gasteiger partial charge in [-0.15, -0.1) is 0 Å². The van der Waals surface area contributed by atoms with Crippen LogP contribution in [-0.2, 0) is 6.54 Å². The highest BCUT2D eigenvalue weighted by molar-refractivity contribution is 7.99. The highest BCUT2D eigenvalue weighted by atomic mass is 32.2. The number of carbonyl (C=O) groups excluding carboxylic acids is 1. The molecule has 2 aromatic rings. The molecule has 1 fully saturated rings. The van der Waals surface area contributed by atoms with Crippen LogP contribution in [0.1, 0.15) is 21.5 Å². The molecule has 3 rings (SSSR count). The number of carbonyl (C=O) groups is 1. The molecule has 0 aromatic heterocycles. The summed E-state index contributed by atoms with van der Waals surface area (Å²) in [7, 11) is 0. The second-order valence-corrected chi connectivity index (χ2v) is 6.61. The zero-order valence-corrected chi connectivity index (χ0v) is 13.1. The van der Waals surface area contributed by atoms with Crippen molar-refractivity contribution < 1.29 is 9.18 Å². The first-order valence-corrected chi connectivity index (χ1v) is 8.58. The molecule has 0 amide bonds. The second-order valence-electron chi connectivity index (χ2n) is 5.38. The monoisotopic (exact) mass is 315 g/mol. The summed E-state index contributed by atoms with van der Waals surface area (Å²) >= 11 is 1.97. The molecule has 0 spiro atoms. The third-order valence-electron chi connectivity index (χ3n) is 3.87. The van der Waals surface area contributed by atoms with Gasteiger partial charge in [0.05, 0.1) is 0 Å². The zero-order chi connectivity index (χ0) is 15.4. The van der Waals surface area contributed by atoms with Crippen LogP contribution >= 0.6 is 11.8 Å². The van der Waals surface area contributed by atoms with Crippen LogP contribution in [0.15, 0.2) is 48.5 Å². The van der Waals surface area contributed by atoms with Gasteiger partial charge in [0, 0.05) is 42.3 Å². The summed E-state index contributed by atoms with van der Waals surface area (Å²) in [5.74, 6) is 1.93. The fourth-order valence-corrected chi connectivity index (χ4v) is 3.62. The van der Waals surface area contributed by atoms with Crippen LogP contribution in [0.5, 0.6) is 0 Å². The van der Waals surface area contributed by atoms with E-state index >= 15 is 0 Å². The molecule has 2 aromatic carbocycles. The standard InChI is InChI=1S/C18H18FNOS/c19-16-7-5-14(6-8-16)18(21)17-4-2-1-3-15(17)13-20-9-11-22-12-10-20/h1-8H,9-13H2. The molecular weight excluding hydrogens is 297 g/mol. The summed E-state index contributed by atoms with van der Waals surface area (Å²) in [5.41, 5.74) is 2.29. The summed E-state index contributed by atoms with van der Waals surface area (Å²) in [6.07, 6.45) is 0. The molecule has 2 nitrogen and oxygen atoms in total. The first-order valence-electron chi connectivity index (χ1n) is 7.42. The summed E-state index contributed by atoms with van der Waals surface area (Å²) in [5, 5.41) is 0. The van der Waals surface area contributed by atoms with E-state index in [0.717, 1.165) is 36.7 Å². The topological polar surface area (TPSA) is 20.3 Å². The lowest BCUT2D eigenvalue weighted by atomic mass is 9.98. The second kappa shape index (κ2) is 7.07. The molecule has 0 aliphatic carbocycles. The van der Waals surface area contributed by atoms with Crippen LogP contribution in [0.4, 0.5) is 4.39 Å². The van der Waals surface area contributed by atoms with Gasteiger partial charge in [-0.2, -0.15) is 11.8 Å². The van der Waals surface area contributed by atoms with E-state index in [9.17, 15) is 9.18 Å². The van der Waals surface area contributed by atoms with Crippen molar-refractivity contribution in [2.75, 3.05) is 24.6 Å². The van der Waals surface area contributed by atoms with Crippen molar-refractivity contribution in [3.05, 3.63) is 71.0 Å². The normalized spacial score (nSPS) is 15.7. The molecule has 1 aliphatic rings. The lowest BCUT2D eigenvalue weighted by Gasteiger charge is -2.26. The van der Waals surface area contributed by atoms with Gasteiger partial charge < -0.3 is 0 Å². The Hall–Kier alpha value is -1.65. The zero-order valence-electron chi connectivity index (χ0n) is 12.3. The Kier molecular flexibility index (Phi) is 4.90. The van der Waals surface area contributed by atoms with E-state index in [4.69, 9.17) is 0 Å². The molecule has 114 valence electrons. The highest BCUT2D eigenvalue weighted by Gasteiger charge is 2.17. The molecule has 1 heterocycles. The summed E-state index contributed by atoms with van der Waals surface area (Å²) in [6, 6.07) is 13.5. The largest absolute Gasteiger partial charge is 0.297 e. The van der Waals surface area contributed by atoms with Crippen molar-refractivity contribution in [2.24, 2.45) is 0 Å². The average molecular weight is 315 g/mol. The Labute approximate surface area is 134 Å². The van der Waals surface area contributed by atoms with Crippen molar-refractivity contribution in [3.63, 3.8) is 0 Å². The van der Waals surface area contributed by atoms with Gasteiger partial charge in [-0.1, -0.05) is 24.3 Å². The Morgan fingerprint density at radius 3 is 2.45 bits per heavy atom. The minimum Gasteiger partial charge on any atom is -0.297 e. The first kappa shape index (κ1) is 15.3. The summed E-state index contributed by atoms with van der Waals surface area (Å²) in [4.78, 5) is 15.1. The number of rotatable bonds is 4. The molecule has 0 N–H and O–H groups in total. The van der Waals surface area contributed by atoms with Crippen molar-refractivity contribution >= 4 is 17.5 Å². The number of ketones is 1. The fourth-order valence-electron chi connectivity index (χ4n) is 2.64. The molecule has 0 bridgehead atoms. The smallest absolute Gasteiger partial charge is 0.193 e. The summed E-state index contributed by atoms with van der Waals surface area (Å²) < 4.78 is 13.0. The number of nitrogens with zero attached hydrogens (tertiary/aromatic N) is 1. The van der Waals surface area contributed by atoms with E-state index < -0.39 is 0 Å². The van der Waals surface area contributed by atoms with Crippen LogP contribution in [0.2, 0.25) is 0 Å². The Morgan fingerprint density at radius 1 is 1.05 bits per heavy atom. The predicted molar refractivity (Wildman–Crippen MR) is 88.9 cm³/mol. The predicted octanol–water partition coefficient (Wildman–Crippen LogP) is 3.61. The lowest BCUT2D eigenvalue weighted by molar-refractivity contribution is 0.103. The van der Waals surface area contributed by atoms with Crippen molar-refractivity contribution in [3.8, 4) is 0 Å². The van der Waals surface area contributed by atoms with Crippen molar-refractivity contribution in [1.82, 2.24) is 4.90 Å².